The second-order valence-corrected chi connectivity index (χ2v) is 6.74. The minimum absolute atomic E-state index is 0.0348. The predicted octanol–water partition coefficient (Wildman–Crippen LogP) is 2.94. The lowest BCUT2D eigenvalue weighted by molar-refractivity contribution is -0.133. The van der Waals surface area contributed by atoms with E-state index in [1.54, 1.807) is 12.4 Å². The molecule has 0 bridgehead atoms. The number of thioether (sulfide) groups is 1. The van der Waals surface area contributed by atoms with Crippen molar-refractivity contribution in [1.82, 2.24) is 19.7 Å². The van der Waals surface area contributed by atoms with E-state index in [0.29, 0.717) is 16.9 Å². The maximum atomic E-state index is 10.7. The van der Waals surface area contributed by atoms with E-state index < -0.39 is 5.97 Å². The Morgan fingerprint density at radius 3 is 2.81 bits per heavy atom. The Labute approximate surface area is 135 Å². The van der Waals surface area contributed by atoms with E-state index in [9.17, 15) is 4.79 Å². The summed E-state index contributed by atoms with van der Waals surface area (Å²) in [6.07, 6.45) is 3.42. The molecule has 0 amide bonds. The summed E-state index contributed by atoms with van der Waals surface area (Å²) in [5.41, 5.74) is 0.847. The molecule has 0 fully saturated rings. The van der Waals surface area contributed by atoms with Gasteiger partial charge in [-0.05, 0) is 27.9 Å². The van der Waals surface area contributed by atoms with Gasteiger partial charge in [-0.25, -0.2) is 0 Å². The van der Waals surface area contributed by atoms with Crippen LogP contribution in [0.5, 0.6) is 0 Å². The zero-order valence-corrected chi connectivity index (χ0v) is 14.1. The smallest absolute Gasteiger partial charge is 0.313 e. The number of carbonyl (C=O) groups is 1. The molecule has 0 aliphatic rings. The number of hydrogen-bond donors (Lipinski definition) is 1. The summed E-state index contributed by atoms with van der Waals surface area (Å²) in [7, 11) is 0. The summed E-state index contributed by atoms with van der Waals surface area (Å²) >= 11 is 4.56. The van der Waals surface area contributed by atoms with Crippen LogP contribution >= 0.6 is 27.7 Å². The van der Waals surface area contributed by atoms with Crippen molar-refractivity contribution >= 4 is 33.7 Å². The average Bonchev–Trinajstić information content (AvgIpc) is 2.78. The first-order chi connectivity index (χ1) is 9.97. The first kappa shape index (κ1) is 16.0. The van der Waals surface area contributed by atoms with E-state index in [2.05, 4.69) is 45.0 Å². The summed E-state index contributed by atoms with van der Waals surface area (Å²) in [5.74, 6) is 0.187. The van der Waals surface area contributed by atoms with Gasteiger partial charge in [0.15, 0.2) is 11.0 Å². The lowest BCUT2D eigenvalue weighted by Gasteiger charge is -2.12. The molecule has 8 heteroatoms. The number of hydrogen-bond acceptors (Lipinski definition) is 5. The standard InChI is InChI=1S/C13H15BrN4O2S/c1-8(2)6-18-12(9-3-10(14)5-15-4-9)16-17-13(18)21-7-11(19)20/h3-5,8H,6-7H2,1-2H3,(H,19,20). The summed E-state index contributed by atoms with van der Waals surface area (Å²) in [4.78, 5) is 14.9. The van der Waals surface area contributed by atoms with E-state index in [-0.39, 0.29) is 5.75 Å². The van der Waals surface area contributed by atoms with Crippen LogP contribution in [0, 0.1) is 5.92 Å². The summed E-state index contributed by atoms with van der Waals surface area (Å²) in [6.45, 7) is 4.90. The monoisotopic (exact) mass is 370 g/mol. The number of pyridine rings is 1. The van der Waals surface area contributed by atoms with Gasteiger partial charge in [-0.15, -0.1) is 10.2 Å². The van der Waals surface area contributed by atoms with Crippen molar-refractivity contribution in [3.63, 3.8) is 0 Å². The third-order valence-corrected chi connectivity index (χ3v) is 3.94. The van der Waals surface area contributed by atoms with Gasteiger partial charge in [-0.1, -0.05) is 25.6 Å². The van der Waals surface area contributed by atoms with Crippen LogP contribution in [-0.2, 0) is 11.3 Å². The fraction of sp³-hybridized carbons (Fsp3) is 0.385. The molecule has 2 heterocycles. The maximum Gasteiger partial charge on any atom is 0.313 e. The third kappa shape index (κ3) is 4.28. The van der Waals surface area contributed by atoms with Gasteiger partial charge >= 0.3 is 5.97 Å². The number of carboxylic acid groups (broad SMARTS) is 1. The molecule has 0 saturated carbocycles. The molecule has 0 radical (unpaired) electrons. The van der Waals surface area contributed by atoms with Gasteiger partial charge in [0.05, 0.1) is 5.75 Å². The molecule has 21 heavy (non-hydrogen) atoms. The Hall–Kier alpha value is -1.41. The number of aromatic nitrogens is 4. The summed E-state index contributed by atoms with van der Waals surface area (Å²) in [6, 6.07) is 1.92. The number of rotatable bonds is 6. The zero-order chi connectivity index (χ0) is 15.4. The van der Waals surface area contributed by atoms with Crippen LogP contribution in [-0.4, -0.2) is 36.6 Å². The van der Waals surface area contributed by atoms with Crippen molar-refractivity contribution in [1.29, 1.82) is 0 Å². The molecule has 2 aromatic rings. The summed E-state index contributed by atoms with van der Waals surface area (Å²) in [5, 5.41) is 17.7. The van der Waals surface area contributed by atoms with Crippen LogP contribution in [0.25, 0.3) is 11.4 Å². The Bertz CT molecular complexity index is 645. The van der Waals surface area contributed by atoms with Crippen molar-refractivity contribution in [3.8, 4) is 11.4 Å². The average molecular weight is 371 g/mol. The summed E-state index contributed by atoms with van der Waals surface area (Å²) < 4.78 is 2.81. The highest BCUT2D eigenvalue weighted by molar-refractivity contribution is 9.10. The van der Waals surface area contributed by atoms with Crippen LogP contribution in [0.3, 0.4) is 0 Å². The SMILES string of the molecule is CC(C)Cn1c(SCC(=O)O)nnc1-c1cncc(Br)c1. The Kier molecular flexibility index (Phi) is 5.35. The number of carboxylic acids is 1. The quantitative estimate of drug-likeness (QED) is 0.787. The van der Waals surface area contributed by atoms with E-state index in [4.69, 9.17) is 5.11 Å². The molecule has 0 atom stereocenters. The van der Waals surface area contributed by atoms with E-state index in [1.165, 1.54) is 11.8 Å². The molecule has 0 aromatic carbocycles. The van der Waals surface area contributed by atoms with E-state index in [1.807, 2.05) is 10.6 Å². The molecule has 2 aromatic heterocycles. The second-order valence-electron chi connectivity index (χ2n) is 4.88. The van der Waals surface area contributed by atoms with Gasteiger partial charge in [-0.3, -0.25) is 9.78 Å². The molecule has 2 rings (SSSR count). The van der Waals surface area contributed by atoms with Crippen LogP contribution in [0.4, 0.5) is 0 Å². The van der Waals surface area contributed by atoms with Crippen LogP contribution in [0.1, 0.15) is 13.8 Å². The van der Waals surface area contributed by atoms with Gasteiger partial charge < -0.3 is 9.67 Å². The minimum Gasteiger partial charge on any atom is -0.481 e. The van der Waals surface area contributed by atoms with Crippen LogP contribution in [0.15, 0.2) is 28.1 Å². The molecule has 0 unspecified atom stereocenters. The molecule has 1 N–H and O–H groups in total. The lowest BCUT2D eigenvalue weighted by Crippen LogP contribution is -2.09. The molecule has 0 spiro atoms. The molecular weight excluding hydrogens is 356 g/mol. The first-order valence-electron chi connectivity index (χ1n) is 6.36. The normalized spacial score (nSPS) is 11.0. The number of aliphatic carboxylic acids is 1. The molecular formula is C13H15BrN4O2S. The van der Waals surface area contributed by atoms with Crippen molar-refractivity contribution in [2.45, 2.75) is 25.5 Å². The predicted molar refractivity (Wildman–Crippen MR) is 84.2 cm³/mol. The maximum absolute atomic E-state index is 10.7. The van der Waals surface area contributed by atoms with Crippen LogP contribution in [0.2, 0.25) is 0 Å². The van der Waals surface area contributed by atoms with Gasteiger partial charge in [0.1, 0.15) is 0 Å². The lowest BCUT2D eigenvalue weighted by atomic mass is 10.2. The molecule has 6 nitrogen and oxygen atoms in total. The fourth-order valence-electron chi connectivity index (χ4n) is 1.80. The molecule has 112 valence electrons. The molecule has 0 aliphatic heterocycles. The van der Waals surface area contributed by atoms with Crippen LogP contribution < -0.4 is 0 Å². The highest BCUT2D eigenvalue weighted by Gasteiger charge is 2.16. The zero-order valence-electron chi connectivity index (χ0n) is 11.7. The largest absolute Gasteiger partial charge is 0.481 e. The Morgan fingerprint density at radius 1 is 1.43 bits per heavy atom. The second kappa shape index (κ2) is 7.04. The van der Waals surface area contributed by atoms with Gasteiger partial charge in [-0.2, -0.15) is 0 Å². The van der Waals surface area contributed by atoms with Gasteiger partial charge in [0.25, 0.3) is 0 Å². The minimum atomic E-state index is -0.871. The van der Waals surface area contributed by atoms with E-state index in [0.717, 1.165) is 16.6 Å². The molecule has 0 saturated heterocycles. The molecule has 0 aliphatic carbocycles. The van der Waals surface area contributed by atoms with E-state index >= 15 is 0 Å². The highest BCUT2D eigenvalue weighted by Crippen LogP contribution is 2.26. The highest BCUT2D eigenvalue weighted by atomic mass is 79.9. The topological polar surface area (TPSA) is 80.9 Å². The Morgan fingerprint density at radius 2 is 2.19 bits per heavy atom. The first-order valence-corrected chi connectivity index (χ1v) is 8.14. The van der Waals surface area contributed by atoms with Gasteiger partial charge in [0.2, 0.25) is 0 Å². The third-order valence-electron chi connectivity index (χ3n) is 2.55. The Balaban J connectivity index is 2.38. The van der Waals surface area contributed by atoms with Crippen molar-refractivity contribution in [2.24, 2.45) is 5.92 Å². The number of halogens is 1. The van der Waals surface area contributed by atoms with Crippen molar-refractivity contribution < 1.29 is 9.90 Å². The van der Waals surface area contributed by atoms with Crippen molar-refractivity contribution in [3.05, 3.63) is 22.9 Å². The van der Waals surface area contributed by atoms with Crippen molar-refractivity contribution in [2.75, 3.05) is 5.75 Å². The number of nitrogens with zero attached hydrogens (tertiary/aromatic N) is 4. The fourth-order valence-corrected chi connectivity index (χ4v) is 2.83. The van der Waals surface area contributed by atoms with Gasteiger partial charge in [0, 0.05) is 29.0 Å².